The van der Waals surface area contributed by atoms with Gasteiger partial charge >= 0.3 is 5.97 Å². The number of nitrogens with zero attached hydrogens (tertiary/aromatic N) is 2. The molecule has 0 aliphatic carbocycles. The van der Waals surface area contributed by atoms with Gasteiger partial charge in [-0.05, 0) is 42.0 Å². The predicted octanol–water partition coefficient (Wildman–Crippen LogP) is 6.06. The van der Waals surface area contributed by atoms with E-state index in [4.69, 9.17) is 29.6 Å². The van der Waals surface area contributed by atoms with E-state index in [9.17, 15) is 14.7 Å². The Bertz CT molecular complexity index is 1400. The number of hydrogen-bond donors (Lipinski definition) is 2. The van der Waals surface area contributed by atoms with Crippen LogP contribution in [-0.2, 0) is 16.8 Å². The van der Waals surface area contributed by atoms with Crippen molar-refractivity contribution in [3.05, 3.63) is 46.3 Å². The molecule has 12 heteroatoms. The van der Waals surface area contributed by atoms with Gasteiger partial charge in [-0.3, -0.25) is 10.2 Å². The first-order valence-corrected chi connectivity index (χ1v) is 13.8. The monoisotopic (exact) mass is 663 g/mol. The lowest BCUT2D eigenvalue weighted by Gasteiger charge is -2.28. The van der Waals surface area contributed by atoms with E-state index in [0.717, 1.165) is 0 Å². The normalized spacial score (nSPS) is 13.0. The number of methoxy groups -OCH3 is 2. The van der Waals surface area contributed by atoms with Crippen molar-refractivity contribution in [1.82, 2.24) is 4.90 Å². The molecule has 1 atom stereocenters. The van der Waals surface area contributed by atoms with Crippen LogP contribution in [-0.4, -0.2) is 61.1 Å². The smallest absolute Gasteiger partial charge is 0.344 e. The molecule has 0 amide bonds. The van der Waals surface area contributed by atoms with Crippen LogP contribution in [0.15, 0.2) is 18.2 Å². The van der Waals surface area contributed by atoms with Crippen LogP contribution < -0.4 is 18.9 Å². The van der Waals surface area contributed by atoms with E-state index in [-0.39, 0.29) is 95.3 Å². The third-order valence-electron chi connectivity index (χ3n) is 6.90. The Morgan fingerprint density at radius 1 is 1.16 bits per heavy atom. The van der Waals surface area contributed by atoms with Gasteiger partial charge in [0.15, 0.2) is 40.7 Å². The summed E-state index contributed by atoms with van der Waals surface area (Å²) in [4.78, 5) is 27.1. The minimum absolute atomic E-state index is 0. The van der Waals surface area contributed by atoms with Gasteiger partial charge < -0.3 is 29.0 Å². The third-order valence-corrected chi connectivity index (χ3v) is 6.90. The van der Waals surface area contributed by atoms with Crippen LogP contribution in [0.4, 0.5) is 4.39 Å². The Hall–Kier alpha value is -3.85. The van der Waals surface area contributed by atoms with Crippen LogP contribution in [0, 0.1) is 22.6 Å². The summed E-state index contributed by atoms with van der Waals surface area (Å²) in [6.07, 6.45) is 0.429. The summed E-state index contributed by atoms with van der Waals surface area (Å²) in [6, 6.07) is 6.82. The molecule has 0 saturated heterocycles. The predicted molar refractivity (Wildman–Crippen MR) is 164 cm³/mol. The van der Waals surface area contributed by atoms with Crippen molar-refractivity contribution in [2.45, 2.75) is 71.4 Å². The number of aliphatic carboxylic acids is 1. The van der Waals surface area contributed by atoms with Gasteiger partial charge in [0.1, 0.15) is 5.84 Å². The second-order valence-electron chi connectivity index (χ2n) is 11.0. The van der Waals surface area contributed by atoms with Gasteiger partial charge in [0.05, 0.1) is 39.0 Å². The SMILES string of the molecule is Br.CCCC(Oc1c(OCCCC#N)cc(C(=O)CN2Cc3cc(OC)c(OC)c(F)c3C2=N)cc1C(C)(C)C)C(=O)O. The largest absolute Gasteiger partial charge is 0.493 e. The average molecular weight is 665 g/mol. The highest BCUT2D eigenvalue weighted by Gasteiger charge is 2.34. The van der Waals surface area contributed by atoms with E-state index in [2.05, 4.69) is 6.07 Å². The molecule has 1 unspecified atom stereocenters. The zero-order chi connectivity index (χ0) is 31.2. The molecule has 234 valence electrons. The molecule has 3 rings (SSSR count). The van der Waals surface area contributed by atoms with Crippen LogP contribution in [0.1, 0.15) is 80.4 Å². The van der Waals surface area contributed by atoms with Gasteiger partial charge in [-0.15, -0.1) is 17.0 Å². The van der Waals surface area contributed by atoms with Crippen molar-refractivity contribution in [2.75, 3.05) is 27.4 Å². The molecule has 2 aromatic carbocycles. The number of hydrogen-bond acceptors (Lipinski definition) is 8. The summed E-state index contributed by atoms with van der Waals surface area (Å²) < 4.78 is 37.6. The number of rotatable bonds is 14. The van der Waals surface area contributed by atoms with Gasteiger partial charge in [0.25, 0.3) is 0 Å². The maximum Gasteiger partial charge on any atom is 0.344 e. The molecule has 0 fully saturated rings. The van der Waals surface area contributed by atoms with Crippen molar-refractivity contribution in [3.63, 3.8) is 0 Å². The number of halogens is 2. The summed E-state index contributed by atoms with van der Waals surface area (Å²) in [5, 5.41) is 27.3. The van der Waals surface area contributed by atoms with Crippen LogP contribution in [0.5, 0.6) is 23.0 Å². The summed E-state index contributed by atoms with van der Waals surface area (Å²) in [5.41, 5.74) is 0.824. The number of ketones is 1. The Labute approximate surface area is 262 Å². The molecule has 2 aromatic rings. The fraction of sp³-hybridized carbons (Fsp3) is 0.484. The van der Waals surface area contributed by atoms with Gasteiger partial charge in [-0.1, -0.05) is 34.1 Å². The van der Waals surface area contributed by atoms with Crippen LogP contribution >= 0.6 is 17.0 Å². The summed E-state index contributed by atoms with van der Waals surface area (Å²) in [5.74, 6) is -1.82. The van der Waals surface area contributed by atoms with E-state index in [1.165, 1.54) is 25.2 Å². The first-order chi connectivity index (χ1) is 19.9. The summed E-state index contributed by atoms with van der Waals surface area (Å²) in [6.45, 7) is 7.66. The second kappa shape index (κ2) is 15.0. The van der Waals surface area contributed by atoms with Gasteiger partial charge in [0, 0.05) is 24.1 Å². The van der Waals surface area contributed by atoms with E-state index in [1.807, 2.05) is 27.7 Å². The van der Waals surface area contributed by atoms with Crippen molar-refractivity contribution in [3.8, 4) is 29.1 Å². The first-order valence-electron chi connectivity index (χ1n) is 13.8. The third kappa shape index (κ3) is 7.96. The number of nitriles is 1. The highest BCUT2D eigenvalue weighted by molar-refractivity contribution is 8.93. The molecule has 0 spiro atoms. The molecule has 1 aliphatic rings. The molecule has 0 radical (unpaired) electrons. The number of unbranched alkanes of at least 4 members (excludes halogenated alkanes) is 1. The van der Waals surface area contributed by atoms with Gasteiger partial charge in [-0.25, -0.2) is 9.18 Å². The molecule has 2 N–H and O–H groups in total. The van der Waals surface area contributed by atoms with Crippen molar-refractivity contribution >= 4 is 34.6 Å². The highest BCUT2D eigenvalue weighted by Crippen LogP contribution is 2.42. The molecule has 1 heterocycles. The first kappa shape index (κ1) is 35.3. The van der Waals surface area contributed by atoms with Crippen LogP contribution in [0.2, 0.25) is 0 Å². The number of benzene rings is 2. The molecule has 0 aromatic heterocycles. The standard InChI is InChI=1S/C31H38FN3O7.BrH/c1-7-10-22(30(37)38)42-27-20(31(2,3)4)13-18(14-24(27)41-12-9-8-11-33)21(36)17-35-16-19-15-23(39-5)28(40-6)26(32)25(19)29(35)34;/h13-15,22,34H,7-10,12,16-17H2,1-6H3,(H,37,38);1H. The molecule has 1 aliphatic heterocycles. The second-order valence-corrected chi connectivity index (χ2v) is 11.0. The summed E-state index contributed by atoms with van der Waals surface area (Å²) in [7, 11) is 2.71. The number of carboxylic acids is 1. The molecular weight excluding hydrogens is 625 g/mol. The Kier molecular flexibility index (Phi) is 12.4. The minimum atomic E-state index is -1.12. The van der Waals surface area contributed by atoms with Gasteiger partial charge in [0.2, 0.25) is 0 Å². The molecule has 0 saturated carbocycles. The number of carboxylic acid groups (broad SMARTS) is 1. The number of amidine groups is 1. The molecule has 0 bridgehead atoms. The lowest BCUT2D eigenvalue weighted by molar-refractivity contribution is -0.145. The Morgan fingerprint density at radius 2 is 1.86 bits per heavy atom. The fourth-order valence-electron chi connectivity index (χ4n) is 4.74. The maximum atomic E-state index is 15.2. The number of Topliss-reactive ketones (excluding diaryl/α,β-unsaturated/α-hetero) is 1. The number of nitrogens with one attached hydrogen (secondary N) is 1. The van der Waals surface area contributed by atoms with E-state index >= 15 is 4.39 Å². The van der Waals surface area contributed by atoms with Crippen molar-refractivity contribution in [1.29, 1.82) is 10.7 Å². The quantitative estimate of drug-likeness (QED) is 0.182. The topological polar surface area (TPSA) is 142 Å². The highest BCUT2D eigenvalue weighted by atomic mass is 79.9. The number of carbonyl (C=O) groups excluding carboxylic acids is 1. The van der Waals surface area contributed by atoms with Gasteiger partial charge in [-0.2, -0.15) is 5.26 Å². The van der Waals surface area contributed by atoms with E-state index < -0.39 is 23.3 Å². The molecular formula is C31H39BrFN3O7. The molecule has 43 heavy (non-hydrogen) atoms. The number of fused-ring (bicyclic) bond motifs is 1. The maximum absolute atomic E-state index is 15.2. The number of ether oxygens (including phenoxy) is 4. The van der Waals surface area contributed by atoms with E-state index in [0.29, 0.717) is 24.0 Å². The van der Waals surface area contributed by atoms with E-state index in [1.54, 1.807) is 12.1 Å². The molecule has 10 nitrogen and oxygen atoms in total. The van der Waals surface area contributed by atoms with Crippen molar-refractivity contribution in [2.24, 2.45) is 0 Å². The average Bonchev–Trinajstić information content (AvgIpc) is 3.24. The lowest BCUT2D eigenvalue weighted by Crippen LogP contribution is -2.31. The van der Waals surface area contributed by atoms with Crippen molar-refractivity contribution < 1.29 is 38.0 Å². The Balaban J connectivity index is 0.00000645. The zero-order valence-corrected chi connectivity index (χ0v) is 27.0. The van der Waals surface area contributed by atoms with Crippen LogP contribution in [0.3, 0.4) is 0 Å². The minimum Gasteiger partial charge on any atom is -0.493 e. The van der Waals surface area contributed by atoms with Crippen LogP contribution in [0.25, 0.3) is 0 Å². The fourth-order valence-corrected chi connectivity index (χ4v) is 4.74. The summed E-state index contributed by atoms with van der Waals surface area (Å²) >= 11 is 0. The number of carbonyl (C=O) groups is 2. The lowest BCUT2D eigenvalue weighted by atomic mass is 9.84. The Morgan fingerprint density at radius 3 is 2.42 bits per heavy atom. The zero-order valence-electron chi connectivity index (χ0n) is 25.3.